The molecule has 0 heterocycles. The molecule has 0 amide bonds. The molecule has 12 heavy (non-hydrogen) atoms. The van der Waals surface area contributed by atoms with E-state index in [-0.39, 0.29) is 12.1 Å². The minimum atomic E-state index is -0.00963. The lowest BCUT2D eigenvalue weighted by molar-refractivity contribution is 0.512. The van der Waals surface area contributed by atoms with E-state index in [0.29, 0.717) is 12.3 Å². The Kier molecular flexibility index (Phi) is 2.92. The van der Waals surface area contributed by atoms with Crippen LogP contribution in [0.1, 0.15) is 19.8 Å². The van der Waals surface area contributed by atoms with E-state index in [1.165, 1.54) is 12.2 Å². The summed E-state index contributed by atoms with van der Waals surface area (Å²) in [4.78, 5) is 27.2. The van der Waals surface area contributed by atoms with E-state index in [9.17, 15) is 9.59 Å². The van der Waals surface area contributed by atoms with Gasteiger partial charge in [-0.2, -0.15) is 0 Å². The molecule has 0 saturated heterocycles. The van der Waals surface area contributed by atoms with Gasteiger partial charge in [0.25, 0.3) is 0 Å². The predicted octanol–water partition coefficient (Wildman–Crippen LogP) is 0.825. The highest BCUT2D eigenvalue weighted by molar-refractivity contribution is 5.35. The molecular weight excluding hydrogens is 156 g/mol. The standard InChI is InChI=1S/C8H10N2O2/c1-6-2-7(9-4-11)3-8(6)10-5-12/h6-8H,2-3H2,1H3. The van der Waals surface area contributed by atoms with E-state index < -0.39 is 0 Å². The molecule has 3 unspecified atom stereocenters. The zero-order valence-electron chi connectivity index (χ0n) is 6.86. The van der Waals surface area contributed by atoms with Crippen molar-refractivity contribution in [2.45, 2.75) is 31.8 Å². The summed E-state index contributed by atoms with van der Waals surface area (Å²) in [5.74, 6) is 0.313. The molecule has 0 aromatic carbocycles. The molecule has 0 aromatic rings. The molecule has 0 aliphatic heterocycles. The predicted molar refractivity (Wildman–Crippen MR) is 42.2 cm³/mol. The van der Waals surface area contributed by atoms with Gasteiger partial charge in [0, 0.05) is 0 Å². The molecule has 0 aromatic heterocycles. The fraction of sp³-hybridized carbons (Fsp3) is 0.750. The summed E-state index contributed by atoms with van der Waals surface area (Å²) in [6.45, 7) is 1.99. The first-order valence-corrected chi connectivity index (χ1v) is 3.92. The maximum absolute atomic E-state index is 9.97. The first kappa shape index (κ1) is 8.85. The van der Waals surface area contributed by atoms with Gasteiger partial charge < -0.3 is 0 Å². The number of aliphatic imine (C=N–C) groups is 2. The SMILES string of the molecule is CC1CC(N=C=O)CC1N=C=O. The molecule has 0 radical (unpaired) electrons. The van der Waals surface area contributed by atoms with Crippen LogP contribution in [0.15, 0.2) is 9.98 Å². The Labute approximate surface area is 70.4 Å². The average Bonchev–Trinajstić information content (AvgIpc) is 2.34. The molecule has 3 atom stereocenters. The van der Waals surface area contributed by atoms with Gasteiger partial charge in [-0.05, 0) is 18.8 Å². The zero-order chi connectivity index (χ0) is 8.97. The molecule has 1 aliphatic carbocycles. The maximum Gasteiger partial charge on any atom is 0.235 e. The molecule has 1 aliphatic rings. The Balaban J connectivity index is 2.61. The van der Waals surface area contributed by atoms with Crippen LogP contribution in [0.3, 0.4) is 0 Å². The van der Waals surface area contributed by atoms with Crippen LogP contribution in [0.25, 0.3) is 0 Å². The fourth-order valence-corrected chi connectivity index (χ4v) is 1.62. The van der Waals surface area contributed by atoms with Crippen LogP contribution < -0.4 is 0 Å². The summed E-state index contributed by atoms with van der Waals surface area (Å²) in [6, 6.07) is -0.0100. The normalized spacial score (nSPS) is 33.6. The molecule has 1 fully saturated rings. The van der Waals surface area contributed by atoms with Crippen LogP contribution in [-0.4, -0.2) is 24.2 Å². The smallest absolute Gasteiger partial charge is 0.211 e. The quantitative estimate of drug-likeness (QED) is 0.450. The summed E-state index contributed by atoms with van der Waals surface area (Å²) in [5.41, 5.74) is 0. The third kappa shape index (κ3) is 1.88. The van der Waals surface area contributed by atoms with Crippen LogP contribution >= 0.6 is 0 Å². The van der Waals surface area contributed by atoms with Crippen LogP contribution in [0, 0.1) is 5.92 Å². The van der Waals surface area contributed by atoms with Crippen molar-refractivity contribution < 1.29 is 9.59 Å². The number of rotatable bonds is 2. The summed E-state index contributed by atoms with van der Waals surface area (Å²) < 4.78 is 0. The lowest BCUT2D eigenvalue weighted by Gasteiger charge is -2.04. The second kappa shape index (κ2) is 3.96. The summed E-state index contributed by atoms with van der Waals surface area (Å²) in [7, 11) is 0. The molecule has 0 N–H and O–H groups in total. The van der Waals surface area contributed by atoms with Crippen LogP contribution in [-0.2, 0) is 9.59 Å². The van der Waals surface area contributed by atoms with Crippen molar-refractivity contribution >= 4 is 12.2 Å². The van der Waals surface area contributed by atoms with Gasteiger partial charge in [-0.15, -0.1) is 0 Å². The molecule has 0 bridgehead atoms. The highest BCUT2D eigenvalue weighted by atomic mass is 16.1. The van der Waals surface area contributed by atoms with Crippen molar-refractivity contribution in [2.75, 3.05) is 0 Å². The van der Waals surface area contributed by atoms with Crippen molar-refractivity contribution in [2.24, 2.45) is 15.9 Å². The third-order valence-corrected chi connectivity index (χ3v) is 2.27. The average molecular weight is 166 g/mol. The topological polar surface area (TPSA) is 58.9 Å². The number of nitrogens with zero attached hydrogens (tertiary/aromatic N) is 2. The second-order valence-corrected chi connectivity index (χ2v) is 3.11. The number of carbonyl (C=O) groups excluding carboxylic acids is 2. The molecule has 1 rings (SSSR count). The van der Waals surface area contributed by atoms with E-state index in [1.54, 1.807) is 0 Å². The third-order valence-electron chi connectivity index (χ3n) is 2.27. The van der Waals surface area contributed by atoms with Crippen molar-refractivity contribution in [1.82, 2.24) is 0 Å². The maximum atomic E-state index is 9.97. The minimum Gasteiger partial charge on any atom is -0.211 e. The second-order valence-electron chi connectivity index (χ2n) is 3.11. The van der Waals surface area contributed by atoms with Gasteiger partial charge in [0.15, 0.2) is 0 Å². The molecule has 4 heteroatoms. The first-order chi connectivity index (χ1) is 5.77. The van der Waals surface area contributed by atoms with Crippen molar-refractivity contribution in [1.29, 1.82) is 0 Å². The number of isocyanates is 2. The van der Waals surface area contributed by atoms with Crippen LogP contribution in [0.5, 0.6) is 0 Å². The van der Waals surface area contributed by atoms with Crippen LogP contribution in [0.4, 0.5) is 0 Å². The van der Waals surface area contributed by atoms with E-state index in [4.69, 9.17) is 0 Å². The number of hydrogen-bond donors (Lipinski definition) is 0. The van der Waals surface area contributed by atoms with Gasteiger partial charge >= 0.3 is 0 Å². The summed E-state index contributed by atoms with van der Waals surface area (Å²) in [6.07, 6.45) is 4.55. The Morgan fingerprint density at radius 1 is 1.17 bits per heavy atom. The largest absolute Gasteiger partial charge is 0.235 e. The van der Waals surface area contributed by atoms with Gasteiger partial charge in [0.2, 0.25) is 12.2 Å². The Bertz CT molecular complexity index is 252. The van der Waals surface area contributed by atoms with Crippen LogP contribution in [0.2, 0.25) is 0 Å². The molecule has 0 spiro atoms. The Morgan fingerprint density at radius 2 is 1.83 bits per heavy atom. The Hall–Kier alpha value is -1.24. The monoisotopic (exact) mass is 166 g/mol. The number of hydrogen-bond acceptors (Lipinski definition) is 4. The van der Waals surface area contributed by atoms with Gasteiger partial charge in [0.05, 0.1) is 12.1 Å². The fourth-order valence-electron chi connectivity index (χ4n) is 1.62. The van der Waals surface area contributed by atoms with E-state index >= 15 is 0 Å². The van der Waals surface area contributed by atoms with Gasteiger partial charge in [-0.25, -0.2) is 19.6 Å². The van der Waals surface area contributed by atoms with E-state index in [0.717, 1.165) is 6.42 Å². The lowest BCUT2D eigenvalue weighted by Crippen LogP contribution is -2.06. The molecule has 64 valence electrons. The lowest BCUT2D eigenvalue weighted by atomic mass is 10.1. The van der Waals surface area contributed by atoms with Gasteiger partial charge in [-0.1, -0.05) is 6.92 Å². The van der Waals surface area contributed by atoms with E-state index in [2.05, 4.69) is 9.98 Å². The molecular formula is C8H10N2O2. The molecule has 1 saturated carbocycles. The highest BCUT2D eigenvalue weighted by Crippen LogP contribution is 2.29. The first-order valence-electron chi connectivity index (χ1n) is 3.92. The van der Waals surface area contributed by atoms with Crippen molar-refractivity contribution in [3.8, 4) is 0 Å². The molecule has 4 nitrogen and oxygen atoms in total. The summed E-state index contributed by atoms with van der Waals surface area (Å²) >= 11 is 0. The minimum absolute atomic E-state index is 0.000370. The Morgan fingerprint density at radius 3 is 2.42 bits per heavy atom. The van der Waals surface area contributed by atoms with Gasteiger partial charge in [-0.3, -0.25) is 0 Å². The van der Waals surface area contributed by atoms with E-state index in [1.807, 2.05) is 6.92 Å². The van der Waals surface area contributed by atoms with Gasteiger partial charge in [0.1, 0.15) is 0 Å². The zero-order valence-corrected chi connectivity index (χ0v) is 6.86. The van der Waals surface area contributed by atoms with Crippen molar-refractivity contribution in [3.63, 3.8) is 0 Å². The summed E-state index contributed by atoms with van der Waals surface area (Å²) in [5, 5.41) is 0. The van der Waals surface area contributed by atoms with Crippen molar-refractivity contribution in [3.05, 3.63) is 0 Å². The highest BCUT2D eigenvalue weighted by Gasteiger charge is 2.30.